The number of carbonyl (C=O) groups is 2. The van der Waals surface area contributed by atoms with Crippen LogP contribution in [0.2, 0.25) is 0 Å². The Morgan fingerprint density at radius 1 is 0.578 bits per heavy atom. The Bertz CT molecular complexity index is 1800. The fourth-order valence-corrected chi connectivity index (χ4v) is 8.51. The minimum Gasteiger partial charge on any atom is -0.480 e. The molecule has 2 aliphatic rings. The van der Waals surface area contributed by atoms with E-state index in [1.54, 1.807) is 12.2 Å². The zero-order chi connectivity index (χ0) is 66.7. The zero-order valence-electron chi connectivity index (χ0n) is 58.9. The maximum absolute atomic E-state index is 10.9. The number of rotatable bonds is 45. The number of allylic oxidation sites excluding steroid dienone is 3. The van der Waals surface area contributed by atoms with Gasteiger partial charge in [0.2, 0.25) is 23.6 Å². The summed E-state index contributed by atoms with van der Waals surface area (Å²) in [5.41, 5.74) is 2.47. The van der Waals surface area contributed by atoms with Crippen molar-refractivity contribution in [2.45, 2.75) is 318 Å². The Hall–Kier alpha value is -3.22. The number of aliphatic carboxylic acids is 1. The summed E-state index contributed by atoms with van der Waals surface area (Å²) >= 11 is 0. The van der Waals surface area contributed by atoms with Gasteiger partial charge in [-0.25, -0.2) is 20.0 Å². The van der Waals surface area contributed by atoms with E-state index in [0.717, 1.165) is 110 Å². The summed E-state index contributed by atoms with van der Waals surface area (Å²) < 4.78 is 38.8. The second-order valence-corrected chi connectivity index (χ2v) is 22.7. The SMILES string of the molecule is C.CCCCCCCOCCCC/C=C/C(O)[C@]1(C)N=C(OCC)[C@@H](C)N=C1OCC.CCCCCCCOCCCC/C=C/C=O.CCCCCCCOCCCCC(O)C(O)C(O)[C@](C)(N)C(=O)O.CCOC1=N[C@H](C)C(OCC)=N[C@@H]1C.[CH2-]CCC.[Li+]. The molecule has 0 radical (unpaired) electrons. The van der Waals surface area contributed by atoms with E-state index < -0.39 is 41.5 Å². The zero-order valence-corrected chi connectivity index (χ0v) is 58.9. The van der Waals surface area contributed by atoms with Gasteiger partial charge in [-0.2, -0.15) is 6.42 Å². The van der Waals surface area contributed by atoms with E-state index in [-0.39, 0.29) is 50.8 Å². The van der Waals surface area contributed by atoms with E-state index in [9.17, 15) is 30.0 Å². The second kappa shape index (κ2) is 65.8. The Morgan fingerprint density at radius 2 is 0.944 bits per heavy atom. The first-order valence-corrected chi connectivity index (χ1v) is 34.1. The van der Waals surface area contributed by atoms with Crippen molar-refractivity contribution < 1.29 is 87.1 Å². The van der Waals surface area contributed by atoms with E-state index in [1.165, 1.54) is 89.9 Å². The number of carboxylic acids is 1. The molecule has 0 spiro atoms. The number of carboxylic acid groups (broad SMARTS) is 1. The van der Waals surface area contributed by atoms with Gasteiger partial charge >= 0.3 is 24.8 Å². The summed E-state index contributed by atoms with van der Waals surface area (Å²) in [6, 6.07) is -0.247. The molecule has 0 aliphatic carbocycles. The van der Waals surface area contributed by atoms with Crippen LogP contribution in [0.1, 0.15) is 264 Å². The van der Waals surface area contributed by atoms with Gasteiger partial charge in [-0.1, -0.05) is 137 Å². The van der Waals surface area contributed by atoms with Crippen molar-refractivity contribution >= 4 is 35.8 Å². The molecule has 526 valence electrons. The number of unbranched alkanes of at least 4 members (excludes halogenated alkanes) is 18. The van der Waals surface area contributed by atoms with Gasteiger partial charge < -0.3 is 71.3 Å². The third-order valence-electron chi connectivity index (χ3n) is 14.2. The number of aliphatic hydroxyl groups is 4. The molecule has 90 heavy (non-hydrogen) atoms. The smallest absolute Gasteiger partial charge is 0.480 e. The number of hydrogen-bond acceptors (Lipinski definition) is 18. The Kier molecular flexibility index (Phi) is 69.8. The first-order valence-electron chi connectivity index (χ1n) is 34.1. The third kappa shape index (κ3) is 49.4. The van der Waals surface area contributed by atoms with Gasteiger partial charge in [0.25, 0.3) is 0 Å². The average molecular weight is 1280 g/mol. The number of aliphatic imine (C=N–C) groups is 4. The van der Waals surface area contributed by atoms with Crippen molar-refractivity contribution in [1.82, 2.24) is 0 Å². The van der Waals surface area contributed by atoms with Crippen LogP contribution >= 0.6 is 0 Å². The van der Waals surface area contributed by atoms with Gasteiger partial charge in [-0.05, 0) is 145 Å². The van der Waals surface area contributed by atoms with Gasteiger partial charge in [0, 0.05) is 39.6 Å². The number of carbonyl (C=O) groups excluding carboxylic acids is 1. The normalized spacial score (nSPS) is 18.8. The largest absolute Gasteiger partial charge is 1.00 e. The number of aldehydes is 1. The number of aliphatic hydroxyl groups excluding tert-OH is 4. The van der Waals surface area contributed by atoms with Crippen LogP contribution in [0.3, 0.4) is 0 Å². The van der Waals surface area contributed by atoms with Crippen molar-refractivity contribution in [2.24, 2.45) is 25.7 Å². The first kappa shape index (κ1) is 95.5. The molecule has 2 heterocycles. The van der Waals surface area contributed by atoms with Crippen LogP contribution in [0.15, 0.2) is 44.3 Å². The molecular formula is C70H136LiN5O14. The van der Waals surface area contributed by atoms with E-state index in [4.69, 9.17) is 44.0 Å². The summed E-state index contributed by atoms with van der Waals surface area (Å²) in [5, 5.41) is 49.2. The third-order valence-corrected chi connectivity index (χ3v) is 14.2. The van der Waals surface area contributed by atoms with E-state index in [1.807, 2.05) is 67.5 Å². The molecule has 0 amide bonds. The van der Waals surface area contributed by atoms with Crippen LogP contribution in [0, 0.1) is 6.92 Å². The van der Waals surface area contributed by atoms with Crippen molar-refractivity contribution in [3.63, 3.8) is 0 Å². The predicted molar refractivity (Wildman–Crippen MR) is 369 cm³/mol. The molecule has 20 heteroatoms. The fraction of sp³-hybridized carbons (Fsp3) is 0.843. The van der Waals surface area contributed by atoms with Crippen molar-refractivity contribution in [1.29, 1.82) is 0 Å². The molecule has 0 fully saturated rings. The molecule has 4 unspecified atom stereocenters. The molecular weight excluding hydrogens is 1140 g/mol. The standard InChI is InChI=1S/C24H44N2O4.C17H35NO6.C14H26O2.C10H18N2O2.C4H9.CH4.Li/c1-6-9-10-12-15-18-28-19-16-13-11-14-17-21(27)24(5)23(30-8-3)25-20(4)22(26-24)29-7-2;1-3-4-5-6-8-11-24-12-9-7-10-13(19)14(20)15(21)17(2,18)16(22)23;1-2-3-4-7-10-13-16-14-11-8-5-6-9-12-15;1-5-13-9-7(3)12-10(14-6-2)8(4)11-9;1-3-4-2;;/h14,17,20-21,27H,6-13,15-16,18-19H2,1-5H3;13-15,19-21H,3-12,18H2,1-2H3,(H,22,23);6,9,12H,2-5,7-8,10-11,13-14H2,1H3;7-8H,5-6H2,1-4H3;1,3-4H2,2H3;1H4;/q;;;;-1;;+1/b17-14+;;9-6+;;;;/t20-,21?,24+;13?,14?,15?,17-;;7-,8-;;;/m10.1.../s1. The van der Waals surface area contributed by atoms with Crippen molar-refractivity contribution in [3.05, 3.63) is 31.2 Å². The van der Waals surface area contributed by atoms with Crippen LogP contribution in [-0.2, 0) is 42.7 Å². The van der Waals surface area contributed by atoms with Crippen LogP contribution < -0.4 is 24.6 Å². The van der Waals surface area contributed by atoms with Gasteiger partial charge in [0.1, 0.15) is 48.3 Å². The van der Waals surface area contributed by atoms with Crippen LogP contribution in [0.4, 0.5) is 0 Å². The van der Waals surface area contributed by atoms with Crippen molar-refractivity contribution in [2.75, 3.05) is 66.1 Å². The summed E-state index contributed by atoms with van der Waals surface area (Å²) in [7, 11) is 0. The molecule has 0 bridgehead atoms. The summed E-state index contributed by atoms with van der Waals surface area (Å²) in [6.07, 6.45) is 31.5. The number of nitrogens with zero attached hydrogens (tertiary/aromatic N) is 4. The van der Waals surface area contributed by atoms with E-state index in [2.05, 4.69) is 54.6 Å². The molecule has 19 nitrogen and oxygen atoms in total. The summed E-state index contributed by atoms with van der Waals surface area (Å²) in [6.45, 7) is 35.9. The van der Waals surface area contributed by atoms with Crippen LogP contribution in [0.25, 0.3) is 0 Å². The summed E-state index contributed by atoms with van der Waals surface area (Å²) in [4.78, 5) is 39.0. The topological polar surface area (TPSA) is 275 Å². The predicted octanol–water partition coefficient (Wildman–Crippen LogP) is 10.9. The molecule has 2 aliphatic heterocycles. The Morgan fingerprint density at radius 3 is 1.32 bits per heavy atom. The van der Waals surface area contributed by atoms with E-state index >= 15 is 0 Å². The maximum Gasteiger partial charge on any atom is 1.00 e. The molecule has 0 aromatic carbocycles. The Balaban J connectivity index is -0.000000360. The van der Waals surface area contributed by atoms with E-state index in [0.29, 0.717) is 63.0 Å². The second-order valence-electron chi connectivity index (χ2n) is 22.7. The van der Waals surface area contributed by atoms with Gasteiger partial charge in [-0.3, -0.25) is 9.59 Å². The monoisotopic (exact) mass is 1280 g/mol. The number of ether oxygens (including phenoxy) is 7. The molecule has 0 aromatic heterocycles. The maximum atomic E-state index is 10.9. The van der Waals surface area contributed by atoms with Gasteiger partial charge in [0.15, 0.2) is 5.54 Å². The summed E-state index contributed by atoms with van der Waals surface area (Å²) in [5.74, 6) is 0.994. The average Bonchev–Trinajstić information content (AvgIpc) is 2.02. The molecule has 9 atom stereocenters. The molecule has 2 rings (SSSR count). The van der Waals surface area contributed by atoms with Crippen LogP contribution in [0.5, 0.6) is 0 Å². The quantitative estimate of drug-likeness (QED) is 0.00826. The Labute approximate surface area is 561 Å². The molecule has 0 saturated carbocycles. The molecule has 0 aromatic rings. The van der Waals surface area contributed by atoms with Crippen molar-refractivity contribution in [3.8, 4) is 0 Å². The fourth-order valence-electron chi connectivity index (χ4n) is 8.51. The molecule has 0 saturated heterocycles. The minimum absolute atomic E-state index is 0. The van der Waals surface area contributed by atoms with Crippen LogP contribution in [-0.4, -0.2) is 181 Å². The molecule has 7 N–H and O–H groups in total. The minimum atomic E-state index is -2.01. The first-order chi connectivity index (χ1) is 42.2. The number of nitrogens with two attached hydrogens (primary N) is 1. The van der Waals surface area contributed by atoms with Gasteiger partial charge in [0.05, 0.1) is 32.5 Å². The van der Waals surface area contributed by atoms with Gasteiger partial charge in [-0.15, -0.1) is 0 Å². The number of hydrogen-bond donors (Lipinski definition) is 6.